The number of aliphatic hydroxyl groups excluding tert-OH is 1. The molecule has 0 spiro atoms. The zero-order chi connectivity index (χ0) is 13.7. The normalized spacial score (nSPS) is 12.1. The molecule has 19 heavy (non-hydrogen) atoms. The highest BCUT2D eigenvalue weighted by Gasteiger charge is 2.15. The number of carbonyl (C=O) groups excluding carboxylic acids is 1. The molecule has 2 nitrogen and oxygen atoms in total. The molecule has 3 heteroatoms. The van der Waals surface area contributed by atoms with Gasteiger partial charge >= 0.3 is 0 Å². The summed E-state index contributed by atoms with van der Waals surface area (Å²) in [6, 6.07) is 16.6. The molecule has 0 bridgehead atoms. The van der Waals surface area contributed by atoms with Crippen molar-refractivity contribution in [2.75, 3.05) is 0 Å². The van der Waals surface area contributed by atoms with E-state index in [4.69, 9.17) is 11.6 Å². The molecule has 1 unspecified atom stereocenters. The van der Waals surface area contributed by atoms with E-state index in [-0.39, 0.29) is 12.2 Å². The quantitative estimate of drug-likeness (QED) is 0.910. The minimum atomic E-state index is -0.960. The molecule has 98 valence electrons. The van der Waals surface area contributed by atoms with Gasteiger partial charge < -0.3 is 5.11 Å². The first-order valence-electron chi connectivity index (χ1n) is 6.14. The van der Waals surface area contributed by atoms with Gasteiger partial charge in [0.2, 0.25) is 0 Å². The monoisotopic (exact) mass is 274 g/mol. The molecule has 0 fully saturated rings. The van der Waals surface area contributed by atoms with Gasteiger partial charge in [0.1, 0.15) is 6.10 Å². The van der Waals surface area contributed by atoms with Crippen LogP contribution in [0.4, 0.5) is 0 Å². The van der Waals surface area contributed by atoms with Crippen LogP contribution >= 0.6 is 11.6 Å². The largest absolute Gasteiger partial charge is 0.385 e. The molecule has 2 aromatic rings. The van der Waals surface area contributed by atoms with E-state index in [2.05, 4.69) is 0 Å². The minimum Gasteiger partial charge on any atom is -0.385 e. The van der Waals surface area contributed by atoms with E-state index in [1.165, 1.54) is 0 Å². The molecule has 2 aromatic carbocycles. The number of halogens is 1. The lowest BCUT2D eigenvalue weighted by Gasteiger charge is -2.09. The summed E-state index contributed by atoms with van der Waals surface area (Å²) in [7, 11) is 0. The molecule has 0 aliphatic carbocycles. The fourth-order valence-corrected chi connectivity index (χ4v) is 2.00. The number of hydrogen-bond acceptors (Lipinski definition) is 2. The average molecular weight is 275 g/mol. The number of carbonyl (C=O) groups is 1. The summed E-state index contributed by atoms with van der Waals surface area (Å²) >= 11 is 5.78. The number of hydrogen-bond donors (Lipinski definition) is 1. The second-order valence-electron chi connectivity index (χ2n) is 4.48. The van der Waals surface area contributed by atoms with Crippen molar-refractivity contribution in [1.82, 2.24) is 0 Å². The Morgan fingerprint density at radius 1 is 1.00 bits per heavy atom. The maximum Gasteiger partial charge on any atom is 0.165 e. The second-order valence-corrected chi connectivity index (χ2v) is 4.91. The van der Waals surface area contributed by atoms with Crippen molar-refractivity contribution in [2.24, 2.45) is 0 Å². The highest BCUT2D eigenvalue weighted by atomic mass is 35.5. The first-order valence-corrected chi connectivity index (χ1v) is 6.52. The van der Waals surface area contributed by atoms with E-state index in [1.807, 2.05) is 30.3 Å². The first kappa shape index (κ1) is 13.8. The maximum absolute atomic E-state index is 11.9. The van der Waals surface area contributed by atoms with Crippen LogP contribution in [0.3, 0.4) is 0 Å². The summed E-state index contributed by atoms with van der Waals surface area (Å²) in [6.45, 7) is 0. The standard InChI is InChI=1S/C16H15ClO2/c17-14-8-6-13(7-9-14)11-16(19)15(18)10-12-4-2-1-3-5-12/h1-9,15,18H,10-11H2. The van der Waals surface area contributed by atoms with Crippen molar-refractivity contribution in [3.63, 3.8) is 0 Å². The van der Waals surface area contributed by atoms with Crippen molar-refractivity contribution in [1.29, 1.82) is 0 Å². The van der Waals surface area contributed by atoms with Crippen molar-refractivity contribution in [3.8, 4) is 0 Å². The van der Waals surface area contributed by atoms with Gasteiger partial charge in [-0.2, -0.15) is 0 Å². The van der Waals surface area contributed by atoms with Crippen LogP contribution in [0.15, 0.2) is 54.6 Å². The van der Waals surface area contributed by atoms with Crippen LogP contribution in [-0.2, 0) is 17.6 Å². The minimum absolute atomic E-state index is 0.175. The molecule has 2 rings (SSSR count). The van der Waals surface area contributed by atoms with E-state index in [9.17, 15) is 9.90 Å². The second kappa shape index (κ2) is 6.50. The van der Waals surface area contributed by atoms with Crippen LogP contribution in [0.25, 0.3) is 0 Å². The van der Waals surface area contributed by atoms with Gasteiger partial charge in [-0.1, -0.05) is 54.1 Å². The molecule has 0 aliphatic rings. The van der Waals surface area contributed by atoms with Crippen molar-refractivity contribution in [2.45, 2.75) is 18.9 Å². The Morgan fingerprint density at radius 3 is 2.26 bits per heavy atom. The maximum atomic E-state index is 11.9. The summed E-state index contributed by atoms with van der Waals surface area (Å²) < 4.78 is 0. The van der Waals surface area contributed by atoms with E-state index >= 15 is 0 Å². The van der Waals surface area contributed by atoms with Gasteiger partial charge in [0, 0.05) is 17.9 Å². The molecular formula is C16H15ClO2. The highest BCUT2D eigenvalue weighted by molar-refractivity contribution is 6.30. The van der Waals surface area contributed by atoms with Crippen molar-refractivity contribution >= 4 is 17.4 Å². The summed E-state index contributed by atoms with van der Waals surface area (Å²) in [5.41, 5.74) is 1.82. The number of ketones is 1. The third-order valence-electron chi connectivity index (χ3n) is 2.94. The Bertz CT molecular complexity index is 534. The Hall–Kier alpha value is -1.64. The average Bonchev–Trinajstić information content (AvgIpc) is 2.42. The molecular weight excluding hydrogens is 260 g/mol. The number of benzene rings is 2. The Kier molecular flexibility index (Phi) is 4.72. The smallest absolute Gasteiger partial charge is 0.165 e. The van der Waals surface area contributed by atoms with Gasteiger partial charge in [-0.25, -0.2) is 0 Å². The highest BCUT2D eigenvalue weighted by Crippen LogP contribution is 2.12. The molecule has 0 saturated heterocycles. The zero-order valence-corrected chi connectivity index (χ0v) is 11.2. The van der Waals surface area contributed by atoms with Crippen LogP contribution in [0, 0.1) is 0 Å². The van der Waals surface area contributed by atoms with Crippen LogP contribution in [0.5, 0.6) is 0 Å². The molecule has 0 aliphatic heterocycles. The van der Waals surface area contributed by atoms with E-state index in [0.29, 0.717) is 11.4 Å². The van der Waals surface area contributed by atoms with Gasteiger partial charge in [-0.05, 0) is 23.3 Å². The zero-order valence-electron chi connectivity index (χ0n) is 10.4. The summed E-state index contributed by atoms with van der Waals surface area (Å²) in [4.78, 5) is 11.9. The summed E-state index contributed by atoms with van der Waals surface area (Å²) in [5, 5.41) is 10.6. The first-order chi connectivity index (χ1) is 9.15. The molecule has 1 N–H and O–H groups in total. The third kappa shape index (κ3) is 4.19. The van der Waals surface area contributed by atoms with Crippen LogP contribution in [-0.4, -0.2) is 17.0 Å². The Labute approximate surface area is 117 Å². The number of aliphatic hydroxyl groups is 1. The van der Waals surface area contributed by atoms with Gasteiger partial charge in [0.05, 0.1) is 0 Å². The molecule has 0 aromatic heterocycles. The van der Waals surface area contributed by atoms with Crippen LogP contribution in [0.2, 0.25) is 5.02 Å². The molecule has 1 atom stereocenters. The van der Waals surface area contributed by atoms with Crippen LogP contribution < -0.4 is 0 Å². The fourth-order valence-electron chi connectivity index (χ4n) is 1.87. The Morgan fingerprint density at radius 2 is 1.63 bits per heavy atom. The molecule has 0 heterocycles. The SMILES string of the molecule is O=C(Cc1ccc(Cl)cc1)C(O)Cc1ccccc1. The Balaban J connectivity index is 1.94. The summed E-state index contributed by atoms with van der Waals surface area (Å²) in [5.74, 6) is -0.175. The van der Waals surface area contributed by atoms with Gasteiger partial charge in [-0.15, -0.1) is 0 Å². The van der Waals surface area contributed by atoms with Gasteiger partial charge in [0.25, 0.3) is 0 Å². The number of Topliss-reactive ketones (excluding diaryl/α,β-unsaturated/α-hetero) is 1. The third-order valence-corrected chi connectivity index (χ3v) is 3.19. The van der Waals surface area contributed by atoms with E-state index < -0.39 is 6.10 Å². The predicted octanol–water partition coefficient (Wildman–Crippen LogP) is 3.06. The lowest BCUT2D eigenvalue weighted by atomic mass is 10.0. The van der Waals surface area contributed by atoms with Crippen molar-refractivity contribution in [3.05, 3.63) is 70.7 Å². The van der Waals surface area contributed by atoms with E-state index in [0.717, 1.165) is 11.1 Å². The number of rotatable bonds is 5. The van der Waals surface area contributed by atoms with Gasteiger partial charge in [0.15, 0.2) is 5.78 Å². The van der Waals surface area contributed by atoms with Crippen LogP contribution in [0.1, 0.15) is 11.1 Å². The molecule has 0 radical (unpaired) electrons. The lowest BCUT2D eigenvalue weighted by Crippen LogP contribution is -2.24. The summed E-state index contributed by atoms with van der Waals surface area (Å²) in [6.07, 6.45) is -0.378. The molecule has 0 saturated carbocycles. The lowest BCUT2D eigenvalue weighted by molar-refractivity contribution is -0.126. The fraction of sp³-hybridized carbons (Fsp3) is 0.188. The van der Waals surface area contributed by atoms with Crippen molar-refractivity contribution < 1.29 is 9.90 Å². The van der Waals surface area contributed by atoms with E-state index in [1.54, 1.807) is 24.3 Å². The topological polar surface area (TPSA) is 37.3 Å². The molecule has 0 amide bonds. The predicted molar refractivity (Wildman–Crippen MR) is 76.3 cm³/mol. The van der Waals surface area contributed by atoms with Gasteiger partial charge in [-0.3, -0.25) is 4.79 Å².